The summed E-state index contributed by atoms with van der Waals surface area (Å²) in [6.45, 7) is 7.09. The number of aromatic amines is 1. The van der Waals surface area contributed by atoms with Gasteiger partial charge in [-0.15, -0.1) is 0 Å². The number of allylic oxidation sites excluding steroid dienone is 4. The van der Waals surface area contributed by atoms with Gasteiger partial charge in [-0.2, -0.15) is 5.26 Å². The van der Waals surface area contributed by atoms with Crippen molar-refractivity contribution >= 4 is 11.6 Å². The number of hydrogen-bond donors (Lipinski definition) is 1. The number of H-pyrrole nitrogens is 1. The van der Waals surface area contributed by atoms with E-state index >= 15 is 0 Å². The average Bonchev–Trinajstić information content (AvgIpc) is 2.32. The first-order valence-corrected chi connectivity index (χ1v) is 5.29. The third-order valence-electron chi connectivity index (χ3n) is 2.23. The smallest absolute Gasteiger partial charge is 0.279 e. The summed E-state index contributed by atoms with van der Waals surface area (Å²) in [5.41, 5.74) is -0.439. The molecule has 0 radical (unpaired) electrons. The first-order valence-electron chi connectivity index (χ1n) is 4.91. The van der Waals surface area contributed by atoms with Crippen LogP contribution >= 0.6 is 11.6 Å². The second-order valence-corrected chi connectivity index (χ2v) is 3.69. The maximum atomic E-state index is 11.6. The minimum atomic E-state index is -0.645. The predicted octanol–water partition coefficient (Wildman–Crippen LogP) is 1.38. The average molecular weight is 264 g/mol. The highest BCUT2D eigenvalue weighted by molar-refractivity contribution is 6.29. The fraction of sp³-hybridized carbons (Fsp3) is 0.0833. The van der Waals surface area contributed by atoms with Gasteiger partial charge in [-0.3, -0.25) is 14.3 Å². The second kappa shape index (κ2) is 5.84. The Labute approximate surface area is 108 Å². The molecule has 5 nitrogen and oxygen atoms in total. The molecule has 18 heavy (non-hydrogen) atoms. The lowest BCUT2D eigenvalue weighted by molar-refractivity contribution is 0.719. The van der Waals surface area contributed by atoms with Crippen LogP contribution in [0, 0.1) is 11.3 Å². The van der Waals surface area contributed by atoms with E-state index in [1.807, 2.05) is 6.07 Å². The van der Waals surface area contributed by atoms with Crippen molar-refractivity contribution < 1.29 is 0 Å². The predicted molar refractivity (Wildman–Crippen MR) is 69.4 cm³/mol. The Balaban J connectivity index is 3.36. The fourth-order valence-corrected chi connectivity index (χ4v) is 1.55. The van der Waals surface area contributed by atoms with Crippen molar-refractivity contribution in [2.75, 3.05) is 0 Å². The summed E-state index contributed by atoms with van der Waals surface area (Å²) in [5.74, 6) is 0. The van der Waals surface area contributed by atoms with Gasteiger partial charge in [0.05, 0.1) is 18.2 Å². The van der Waals surface area contributed by atoms with Gasteiger partial charge in [0.2, 0.25) is 0 Å². The van der Waals surface area contributed by atoms with Crippen LogP contribution in [-0.4, -0.2) is 9.55 Å². The highest BCUT2D eigenvalue weighted by Crippen LogP contribution is 2.11. The zero-order valence-electron chi connectivity index (χ0n) is 9.44. The van der Waals surface area contributed by atoms with E-state index in [-0.39, 0.29) is 11.7 Å². The van der Waals surface area contributed by atoms with Crippen LogP contribution in [0.1, 0.15) is 0 Å². The SMILES string of the molecule is C=C/C(C#N)=C(\C=C)Cn1c(Cl)cc(=O)[nH]c1=O. The van der Waals surface area contributed by atoms with Crippen LogP contribution in [0.4, 0.5) is 0 Å². The van der Waals surface area contributed by atoms with Gasteiger partial charge in [0, 0.05) is 6.07 Å². The molecule has 1 N–H and O–H groups in total. The highest BCUT2D eigenvalue weighted by Gasteiger charge is 2.07. The summed E-state index contributed by atoms with van der Waals surface area (Å²) in [6.07, 6.45) is 2.80. The van der Waals surface area contributed by atoms with Crippen LogP contribution in [0.2, 0.25) is 5.15 Å². The van der Waals surface area contributed by atoms with Gasteiger partial charge in [0.1, 0.15) is 5.15 Å². The van der Waals surface area contributed by atoms with E-state index in [9.17, 15) is 9.59 Å². The Morgan fingerprint density at radius 1 is 1.50 bits per heavy atom. The van der Waals surface area contributed by atoms with Crippen molar-refractivity contribution in [2.24, 2.45) is 0 Å². The van der Waals surface area contributed by atoms with Crippen LogP contribution in [-0.2, 0) is 6.54 Å². The molecule has 92 valence electrons. The van der Waals surface area contributed by atoms with Crippen LogP contribution in [0.15, 0.2) is 52.1 Å². The minimum absolute atomic E-state index is 0.00977. The van der Waals surface area contributed by atoms with Crippen LogP contribution in [0.3, 0.4) is 0 Å². The van der Waals surface area contributed by atoms with Crippen LogP contribution in [0.25, 0.3) is 0 Å². The Morgan fingerprint density at radius 3 is 2.61 bits per heavy atom. The molecule has 6 heteroatoms. The molecule has 1 heterocycles. The largest absolute Gasteiger partial charge is 0.329 e. The number of halogens is 1. The standard InChI is InChI=1S/C12H10ClN3O2/c1-3-8(6-14)9(4-2)7-16-10(13)5-11(17)15-12(16)18/h3-5H,1-2,7H2,(H,15,17,18)/b9-8-. The van der Waals surface area contributed by atoms with Gasteiger partial charge < -0.3 is 0 Å². The van der Waals surface area contributed by atoms with E-state index in [2.05, 4.69) is 18.1 Å². The molecule has 1 aromatic heterocycles. The molecule has 0 aliphatic carbocycles. The number of nitrogens with zero attached hydrogens (tertiary/aromatic N) is 2. The van der Waals surface area contributed by atoms with Gasteiger partial charge in [-0.1, -0.05) is 36.9 Å². The van der Waals surface area contributed by atoms with E-state index in [4.69, 9.17) is 16.9 Å². The molecular formula is C12H10ClN3O2. The maximum absolute atomic E-state index is 11.6. The first-order chi connectivity index (χ1) is 8.53. The van der Waals surface area contributed by atoms with Gasteiger partial charge in [-0.25, -0.2) is 4.79 Å². The van der Waals surface area contributed by atoms with Crippen LogP contribution < -0.4 is 11.2 Å². The Morgan fingerprint density at radius 2 is 2.17 bits per heavy atom. The normalized spacial score (nSPS) is 11.3. The summed E-state index contributed by atoms with van der Waals surface area (Å²) in [6, 6.07) is 3.02. The minimum Gasteiger partial charge on any atom is -0.279 e. The molecule has 0 aliphatic heterocycles. The number of nitrogens with one attached hydrogen (secondary N) is 1. The fourth-order valence-electron chi connectivity index (χ4n) is 1.32. The topological polar surface area (TPSA) is 78.7 Å². The molecule has 1 aromatic rings. The molecule has 0 bridgehead atoms. The Kier molecular flexibility index (Phi) is 4.46. The quantitative estimate of drug-likeness (QED) is 0.506. The van der Waals surface area contributed by atoms with Gasteiger partial charge >= 0.3 is 5.69 Å². The van der Waals surface area contributed by atoms with Crippen molar-refractivity contribution in [1.82, 2.24) is 9.55 Å². The van der Waals surface area contributed by atoms with E-state index in [0.717, 1.165) is 10.6 Å². The number of nitriles is 1. The van der Waals surface area contributed by atoms with E-state index in [1.165, 1.54) is 12.2 Å². The lowest BCUT2D eigenvalue weighted by Crippen LogP contribution is -2.30. The molecule has 0 saturated carbocycles. The molecule has 0 spiro atoms. The third-order valence-corrected chi connectivity index (χ3v) is 2.54. The zero-order chi connectivity index (χ0) is 13.7. The third kappa shape index (κ3) is 2.87. The van der Waals surface area contributed by atoms with Gasteiger partial charge in [0.15, 0.2) is 0 Å². The van der Waals surface area contributed by atoms with Gasteiger partial charge in [0.25, 0.3) is 5.56 Å². The zero-order valence-corrected chi connectivity index (χ0v) is 10.2. The molecule has 0 aliphatic rings. The van der Waals surface area contributed by atoms with Gasteiger partial charge in [-0.05, 0) is 5.57 Å². The lowest BCUT2D eigenvalue weighted by Gasteiger charge is -2.08. The maximum Gasteiger partial charge on any atom is 0.329 e. The Hall–Kier alpha value is -2.32. The van der Waals surface area contributed by atoms with Crippen molar-refractivity contribution in [2.45, 2.75) is 6.54 Å². The second-order valence-electron chi connectivity index (χ2n) is 3.31. The molecule has 0 fully saturated rings. The number of aromatic nitrogens is 2. The molecular weight excluding hydrogens is 254 g/mol. The number of hydrogen-bond acceptors (Lipinski definition) is 3. The Bertz CT molecular complexity index is 674. The van der Waals surface area contributed by atoms with E-state index in [0.29, 0.717) is 11.1 Å². The van der Waals surface area contributed by atoms with E-state index < -0.39 is 11.2 Å². The summed E-state index contributed by atoms with van der Waals surface area (Å²) in [4.78, 5) is 24.7. The first kappa shape index (κ1) is 13.7. The van der Waals surface area contributed by atoms with Crippen molar-refractivity contribution in [1.29, 1.82) is 5.26 Å². The lowest BCUT2D eigenvalue weighted by atomic mass is 10.1. The molecule has 1 rings (SSSR count). The molecule has 0 atom stereocenters. The summed E-state index contributed by atoms with van der Waals surface area (Å²) in [5, 5.41) is 8.87. The molecule has 0 aromatic carbocycles. The molecule has 0 amide bonds. The molecule has 0 unspecified atom stereocenters. The summed E-state index contributed by atoms with van der Waals surface area (Å²) in [7, 11) is 0. The monoisotopic (exact) mass is 263 g/mol. The molecule has 0 saturated heterocycles. The highest BCUT2D eigenvalue weighted by atomic mass is 35.5. The van der Waals surface area contributed by atoms with Crippen LogP contribution in [0.5, 0.6) is 0 Å². The van der Waals surface area contributed by atoms with Crippen molar-refractivity contribution in [3.05, 3.63) is 68.5 Å². The number of rotatable bonds is 4. The van der Waals surface area contributed by atoms with Crippen molar-refractivity contribution in [3.8, 4) is 6.07 Å². The summed E-state index contributed by atoms with van der Waals surface area (Å²) < 4.78 is 1.13. The van der Waals surface area contributed by atoms with Crippen molar-refractivity contribution in [3.63, 3.8) is 0 Å². The summed E-state index contributed by atoms with van der Waals surface area (Å²) >= 11 is 5.80. The van der Waals surface area contributed by atoms with E-state index in [1.54, 1.807) is 0 Å².